The van der Waals surface area contributed by atoms with Crippen LogP contribution in [0.3, 0.4) is 0 Å². The van der Waals surface area contributed by atoms with Gasteiger partial charge in [-0.05, 0) is 22.9 Å². The zero-order valence-electron chi connectivity index (χ0n) is 8.20. The zero-order valence-corrected chi connectivity index (χ0v) is 9.78. The van der Waals surface area contributed by atoms with Crippen molar-refractivity contribution in [3.8, 4) is 11.3 Å². The summed E-state index contributed by atoms with van der Waals surface area (Å²) in [6.45, 7) is 1.93. The zero-order chi connectivity index (χ0) is 10.8. The van der Waals surface area contributed by atoms with E-state index < -0.39 is 0 Å². The Kier molecular flexibility index (Phi) is 2.88. The van der Waals surface area contributed by atoms with E-state index in [0.29, 0.717) is 15.9 Å². The quantitative estimate of drug-likeness (QED) is 0.910. The maximum absolute atomic E-state index is 9.17. The van der Waals surface area contributed by atoms with Crippen molar-refractivity contribution in [3.63, 3.8) is 0 Å². The second kappa shape index (κ2) is 4.16. The Balaban J connectivity index is 2.49. The van der Waals surface area contributed by atoms with Crippen molar-refractivity contribution in [2.24, 2.45) is 0 Å². The van der Waals surface area contributed by atoms with E-state index in [1.54, 1.807) is 0 Å². The standard InChI is InChI=1S/C11H10BrNO2/c1-7-2-4-8(5-3-7)10-9(6-14)11(12)15-13-10/h2-5,14H,6H2,1H3. The molecule has 0 aliphatic heterocycles. The molecule has 0 radical (unpaired) electrons. The van der Waals surface area contributed by atoms with Crippen LogP contribution in [-0.4, -0.2) is 10.3 Å². The van der Waals surface area contributed by atoms with Gasteiger partial charge in [0.1, 0.15) is 5.69 Å². The lowest BCUT2D eigenvalue weighted by atomic mass is 10.1. The highest BCUT2D eigenvalue weighted by molar-refractivity contribution is 9.10. The number of aromatic nitrogens is 1. The van der Waals surface area contributed by atoms with E-state index in [1.807, 2.05) is 31.2 Å². The second-order valence-electron chi connectivity index (χ2n) is 3.31. The molecule has 4 heteroatoms. The topological polar surface area (TPSA) is 46.3 Å². The number of aryl methyl sites for hydroxylation is 1. The summed E-state index contributed by atoms with van der Waals surface area (Å²) in [7, 11) is 0. The van der Waals surface area contributed by atoms with Crippen molar-refractivity contribution in [1.82, 2.24) is 5.16 Å². The number of nitrogens with zero attached hydrogens (tertiary/aromatic N) is 1. The first kappa shape index (κ1) is 10.4. The molecule has 3 nitrogen and oxygen atoms in total. The van der Waals surface area contributed by atoms with Crippen molar-refractivity contribution in [2.75, 3.05) is 0 Å². The average Bonchev–Trinajstić information content (AvgIpc) is 2.61. The number of aliphatic hydroxyl groups is 1. The lowest BCUT2D eigenvalue weighted by molar-refractivity contribution is 0.278. The first-order chi connectivity index (χ1) is 7.22. The van der Waals surface area contributed by atoms with Crippen molar-refractivity contribution in [2.45, 2.75) is 13.5 Å². The van der Waals surface area contributed by atoms with Crippen LogP contribution in [-0.2, 0) is 6.61 Å². The number of halogens is 1. The lowest BCUT2D eigenvalue weighted by Crippen LogP contribution is -1.86. The van der Waals surface area contributed by atoms with Gasteiger partial charge in [-0.3, -0.25) is 0 Å². The van der Waals surface area contributed by atoms with Gasteiger partial charge >= 0.3 is 0 Å². The van der Waals surface area contributed by atoms with Gasteiger partial charge < -0.3 is 9.63 Å². The Bertz CT molecular complexity index is 462. The van der Waals surface area contributed by atoms with Gasteiger partial charge in [-0.15, -0.1) is 0 Å². The fourth-order valence-electron chi connectivity index (χ4n) is 1.36. The maximum atomic E-state index is 9.17. The number of aliphatic hydroxyl groups excluding tert-OH is 1. The van der Waals surface area contributed by atoms with Gasteiger partial charge in [0, 0.05) is 5.56 Å². The largest absolute Gasteiger partial charge is 0.391 e. The van der Waals surface area contributed by atoms with Crippen LogP contribution in [0.15, 0.2) is 33.5 Å². The minimum absolute atomic E-state index is 0.0900. The van der Waals surface area contributed by atoms with Gasteiger partial charge in [-0.1, -0.05) is 35.0 Å². The van der Waals surface area contributed by atoms with Crippen LogP contribution in [0.2, 0.25) is 0 Å². The molecule has 1 aromatic heterocycles. The van der Waals surface area contributed by atoms with Crippen LogP contribution < -0.4 is 0 Å². The predicted molar refractivity (Wildman–Crippen MR) is 60.3 cm³/mol. The Hall–Kier alpha value is -1.13. The summed E-state index contributed by atoms with van der Waals surface area (Å²) >= 11 is 3.20. The molecule has 2 rings (SSSR count). The molecular weight excluding hydrogens is 258 g/mol. The Morgan fingerprint density at radius 1 is 1.33 bits per heavy atom. The van der Waals surface area contributed by atoms with E-state index >= 15 is 0 Å². The van der Waals surface area contributed by atoms with Gasteiger partial charge in [0.25, 0.3) is 0 Å². The molecule has 2 aromatic rings. The summed E-state index contributed by atoms with van der Waals surface area (Å²) in [5, 5.41) is 13.1. The molecule has 0 aliphatic rings. The predicted octanol–water partition coefficient (Wildman–Crippen LogP) is 2.90. The van der Waals surface area contributed by atoms with Crippen LogP contribution in [0.25, 0.3) is 11.3 Å². The molecule has 0 unspecified atom stereocenters. The molecule has 0 saturated carbocycles. The molecule has 0 aliphatic carbocycles. The minimum atomic E-state index is -0.0900. The van der Waals surface area contributed by atoms with E-state index in [0.717, 1.165) is 5.56 Å². The lowest BCUT2D eigenvalue weighted by Gasteiger charge is -1.99. The van der Waals surface area contributed by atoms with Gasteiger partial charge in [0.15, 0.2) is 0 Å². The molecule has 0 amide bonds. The SMILES string of the molecule is Cc1ccc(-c2noc(Br)c2CO)cc1. The second-order valence-corrected chi connectivity index (χ2v) is 4.03. The smallest absolute Gasteiger partial charge is 0.208 e. The molecule has 0 bridgehead atoms. The molecule has 15 heavy (non-hydrogen) atoms. The van der Waals surface area contributed by atoms with E-state index in [9.17, 15) is 5.11 Å². The van der Waals surface area contributed by atoms with Crippen molar-refractivity contribution in [1.29, 1.82) is 0 Å². The first-order valence-corrected chi connectivity index (χ1v) is 5.33. The summed E-state index contributed by atoms with van der Waals surface area (Å²) in [4.78, 5) is 0. The summed E-state index contributed by atoms with van der Waals surface area (Å²) in [6.07, 6.45) is 0. The third kappa shape index (κ3) is 1.96. The Morgan fingerprint density at radius 2 is 2.00 bits per heavy atom. The molecule has 1 heterocycles. The van der Waals surface area contributed by atoms with Gasteiger partial charge in [0.2, 0.25) is 4.67 Å². The fraction of sp³-hybridized carbons (Fsp3) is 0.182. The molecule has 0 saturated heterocycles. The van der Waals surface area contributed by atoms with E-state index in [-0.39, 0.29) is 6.61 Å². The Labute approximate surface area is 95.8 Å². The van der Waals surface area contributed by atoms with Crippen LogP contribution in [0.5, 0.6) is 0 Å². The third-order valence-corrected chi connectivity index (χ3v) is 2.85. The van der Waals surface area contributed by atoms with Gasteiger partial charge in [-0.2, -0.15) is 0 Å². The molecule has 0 atom stereocenters. The minimum Gasteiger partial charge on any atom is -0.391 e. The molecular formula is C11H10BrNO2. The average molecular weight is 268 g/mol. The van der Waals surface area contributed by atoms with Crippen LogP contribution in [0.4, 0.5) is 0 Å². The first-order valence-electron chi connectivity index (χ1n) is 4.54. The van der Waals surface area contributed by atoms with Crippen LogP contribution in [0.1, 0.15) is 11.1 Å². The van der Waals surface area contributed by atoms with Crippen molar-refractivity contribution >= 4 is 15.9 Å². The highest BCUT2D eigenvalue weighted by atomic mass is 79.9. The van der Waals surface area contributed by atoms with Crippen molar-refractivity contribution < 1.29 is 9.63 Å². The maximum Gasteiger partial charge on any atom is 0.208 e. The van der Waals surface area contributed by atoms with Crippen molar-refractivity contribution in [3.05, 3.63) is 40.1 Å². The van der Waals surface area contributed by atoms with Gasteiger partial charge in [-0.25, -0.2) is 0 Å². The van der Waals surface area contributed by atoms with E-state index in [1.165, 1.54) is 5.56 Å². The summed E-state index contributed by atoms with van der Waals surface area (Å²) < 4.78 is 5.46. The molecule has 0 fully saturated rings. The van der Waals surface area contributed by atoms with E-state index in [2.05, 4.69) is 21.1 Å². The summed E-state index contributed by atoms with van der Waals surface area (Å²) in [5.41, 5.74) is 3.49. The molecule has 1 N–H and O–H groups in total. The Morgan fingerprint density at radius 3 is 2.60 bits per heavy atom. The van der Waals surface area contributed by atoms with E-state index in [4.69, 9.17) is 4.52 Å². The number of benzene rings is 1. The molecule has 1 aromatic carbocycles. The number of rotatable bonds is 2. The van der Waals surface area contributed by atoms with Crippen LogP contribution >= 0.6 is 15.9 Å². The highest BCUT2D eigenvalue weighted by Crippen LogP contribution is 2.28. The number of hydrogen-bond acceptors (Lipinski definition) is 3. The monoisotopic (exact) mass is 267 g/mol. The van der Waals surface area contributed by atoms with Gasteiger partial charge in [0.05, 0.1) is 12.2 Å². The summed E-state index contributed by atoms with van der Waals surface area (Å²) in [5.74, 6) is 0. The molecule has 0 spiro atoms. The normalized spacial score (nSPS) is 10.6. The van der Waals surface area contributed by atoms with Crippen LogP contribution in [0, 0.1) is 6.92 Å². The molecule has 78 valence electrons. The fourth-order valence-corrected chi connectivity index (χ4v) is 1.75. The number of hydrogen-bond donors (Lipinski definition) is 1. The summed E-state index contributed by atoms with van der Waals surface area (Å²) in [6, 6.07) is 7.91. The highest BCUT2D eigenvalue weighted by Gasteiger charge is 2.14. The third-order valence-electron chi connectivity index (χ3n) is 2.22.